The van der Waals surface area contributed by atoms with Crippen molar-refractivity contribution < 1.29 is 9.90 Å². The molecule has 1 amide bonds. The first-order valence-corrected chi connectivity index (χ1v) is 12.6. The van der Waals surface area contributed by atoms with Crippen LogP contribution in [0.4, 0.5) is 17.5 Å². The molecule has 0 bridgehead atoms. The normalized spacial score (nSPS) is 19.2. The predicted molar refractivity (Wildman–Crippen MR) is 141 cm³/mol. The van der Waals surface area contributed by atoms with Gasteiger partial charge in [0, 0.05) is 61.9 Å². The summed E-state index contributed by atoms with van der Waals surface area (Å²) < 4.78 is 1.99. The van der Waals surface area contributed by atoms with Gasteiger partial charge in [-0.05, 0) is 41.8 Å². The van der Waals surface area contributed by atoms with Crippen molar-refractivity contribution in [3.05, 3.63) is 71.9 Å². The lowest BCUT2D eigenvalue weighted by Gasteiger charge is -2.28. The lowest BCUT2D eigenvalue weighted by molar-refractivity contribution is 0.0755. The summed E-state index contributed by atoms with van der Waals surface area (Å²) in [7, 11) is 1.94. The lowest BCUT2D eigenvalue weighted by atomic mass is 10.1. The van der Waals surface area contributed by atoms with Gasteiger partial charge in [0.1, 0.15) is 11.5 Å². The number of aliphatic hydroxyl groups is 1. The summed E-state index contributed by atoms with van der Waals surface area (Å²) in [5, 5.41) is 20.3. The first kappa shape index (κ1) is 23.2. The highest BCUT2D eigenvalue weighted by Crippen LogP contribution is 2.28. The summed E-state index contributed by atoms with van der Waals surface area (Å²) in [6, 6.07) is 12.0. The smallest absolute Gasteiger partial charge is 0.270 e. The molecular weight excluding hydrogens is 468 g/mol. The zero-order valence-electron chi connectivity index (χ0n) is 20.9. The molecule has 5 heterocycles. The van der Waals surface area contributed by atoms with Gasteiger partial charge in [0.15, 0.2) is 0 Å². The number of amides is 1. The van der Waals surface area contributed by atoms with E-state index in [2.05, 4.69) is 25.4 Å². The largest absolute Gasteiger partial charge is 0.391 e. The molecule has 1 saturated heterocycles. The first-order valence-electron chi connectivity index (χ1n) is 12.6. The van der Waals surface area contributed by atoms with Crippen molar-refractivity contribution >= 4 is 23.4 Å². The van der Waals surface area contributed by atoms with Crippen molar-refractivity contribution in [2.24, 2.45) is 13.0 Å². The summed E-state index contributed by atoms with van der Waals surface area (Å²) in [6.45, 7) is 4.35. The molecule has 4 aromatic rings. The fraction of sp³-hybridized carbons (Fsp3) is 0.333. The number of likely N-dealkylation sites (tertiary alicyclic amines) is 1. The number of aliphatic hydroxyl groups excluding tert-OH is 1. The number of carbonyl (C=O) groups is 1. The van der Waals surface area contributed by atoms with E-state index in [0.29, 0.717) is 31.3 Å². The highest BCUT2D eigenvalue weighted by molar-refractivity contribution is 5.93. The molecule has 1 fully saturated rings. The molecule has 190 valence electrons. The molecule has 0 radical (unpaired) electrons. The van der Waals surface area contributed by atoms with Gasteiger partial charge in [0.05, 0.1) is 18.8 Å². The van der Waals surface area contributed by atoms with Crippen molar-refractivity contribution in [3.63, 3.8) is 0 Å². The maximum Gasteiger partial charge on any atom is 0.270 e. The molecule has 0 aliphatic carbocycles. The molecule has 3 N–H and O–H groups in total. The topological polar surface area (TPSA) is 115 Å². The Balaban J connectivity index is 1.16. The Kier molecular flexibility index (Phi) is 5.88. The molecule has 0 saturated carbocycles. The minimum Gasteiger partial charge on any atom is -0.391 e. The summed E-state index contributed by atoms with van der Waals surface area (Å²) in [6.07, 6.45) is 5.78. The van der Waals surface area contributed by atoms with Crippen molar-refractivity contribution in [1.29, 1.82) is 0 Å². The number of carbonyl (C=O) groups excluding carboxylic acids is 1. The van der Waals surface area contributed by atoms with Crippen LogP contribution >= 0.6 is 0 Å². The van der Waals surface area contributed by atoms with Gasteiger partial charge in [-0.2, -0.15) is 10.1 Å². The van der Waals surface area contributed by atoms with E-state index < -0.39 is 6.10 Å². The van der Waals surface area contributed by atoms with Crippen molar-refractivity contribution in [2.45, 2.75) is 26.0 Å². The second-order valence-corrected chi connectivity index (χ2v) is 9.92. The van der Waals surface area contributed by atoms with E-state index in [-0.39, 0.29) is 11.8 Å². The number of aromatic amines is 1. The SMILES string of the molecule is C[C@H]1CN(C(=O)c2cc3c(n2C)CN(c2nccc(Nc4ccc(-c5cn[nH]c5)cc4)n2)CC3)C[C@H]1O. The van der Waals surface area contributed by atoms with E-state index in [1.54, 1.807) is 17.3 Å². The lowest BCUT2D eigenvalue weighted by Crippen LogP contribution is -2.33. The average Bonchev–Trinajstić information content (AvgIpc) is 3.64. The van der Waals surface area contributed by atoms with Gasteiger partial charge in [-0.25, -0.2) is 4.98 Å². The Morgan fingerprint density at radius 3 is 2.73 bits per heavy atom. The first-order chi connectivity index (χ1) is 18.0. The van der Waals surface area contributed by atoms with Gasteiger partial charge in [0.25, 0.3) is 5.91 Å². The fourth-order valence-corrected chi connectivity index (χ4v) is 5.17. The number of hydrogen-bond donors (Lipinski definition) is 3. The minimum absolute atomic E-state index is 0.0203. The van der Waals surface area contributed by atoms with E-state index in [9.17, 15) is 9.90 Å². The van der Waals surface area contributed by atoms with Crippen LogP contribution in [-0.2, 0) is 20.0 Å². The molecule has 10 nitrogen and oxygen atoms in total. The summed E-state index contributed by atoms with van der Waals surface area (Å²) in [4.78, 5) is 26.4. The number of H-pyrrole nitrogens is 1. The predicted octanol–water partition coefficient (Wildman–Crippen LogP) is 2.96. The van der Waals surface area contributed by atoms with E-state index in [0.717, 1.165) is 41.3 Å². The van der Waals surface area contributed by atoms with E-state index in [1.165, 1.54) is 5.56 Å². The third-order valence-electron chi connectivity index (χ3n) is 7.43. The summed E-state index contributed by atoms with van der Waals surface area (Å²) in [5.74, 6) is 1.45. The molecule has 2 aliphatic heterocycles. The zero-order valence-corrected chi connectivity index (χ0v) is 20.9. The van der Waals surface area contributed by atoms with Gasteiger partial charge >= 0.3 is 0 Å². The highest BCUT2D eigenvalue weighted by Gasteiger charge is 2.34. The summed E-state index contributed by atoms with van der Waals surface area (Å²) in [5.41, 5.74) is 6.01. The number of β-amino-alcohol motifs (C(OH)–C–C–N with tert-alkyl or cyclic N) is 1. The number of nitrogens with one attached hydrogen (secondary N) is 2. The quantitative estimate of drug-likeness (QED) is 0.388. The van der Waals surface area contributed by atoms with Gasteiger partial charge in [-0.15, -0.1) is 0 Å². The molecule has 3 aromatic heterocycles. The monoisotopic (exact) mass is 498 g/mol. The number of benzene rings is 1. The number of anilines is 3. The van der Waals surface area contributed by atoms with Crippen LogP contribution in [0.1, 0.15) is 28.7 Å². The number of hydrogen-bond acceptors (Lipinski definition) is 7. The Morgan fingerprint density at radius 2 is 2.00 bits per heavy atom. The molecule has 0 spiro atoms. The van der Waals surface area contributed by atoms with Crippen LogP contribution in [0.5, 0.6) is 0 Å². The Morgan fingerprint density at radius 1 is 1.16 bits per heavy atom. The van der Waals surface area contributed by atoms with Gasteiger partial charge < -0.3 is 24.8 Å². The standard InChI is InChI=1S/C27H30N8O2/c1-17-14-35(16-24(17)36)26(37)22-11-19-8-10-34(15-23(19)33(22)2)27-28-9-7-25(32-27)31-21-5-3-18(4-6-21)20-12-29-30-13-20/h3-7,9,11-13,17,24,36H,8,10,14-16H2,1-2H3,(H,29,30)(H,28,31,32)/t17-,24+/m0/s1. The zero-order chi connectivity index (χ0) is 25.5. The van der Waals surface area contributed by atoms with Crippen molar-refractivity contribution in [3.8, 4) is 11.1 Å². The molecule has 6 rings (SSSR count). The molecular formula is C27H30N8O2. The van der Waals surface area contributed by atoms with Gasteiger partial charge in [-0.1, -0.05) is 19.1 Å². The molecule has 10 heteroatoms. The Bertz CT molecular complexity index is 1400. The second kappa shape index (κ2) is 9.36. The second-order valence-electron chi connectivity index (χ2n) is 9.92. The third kappa shape index (κ3) is 4.44. The summed E-state index contributed by atoms with van der Waals surface area (Å²) >= 11 is 0. The van der Waals surface area contributed by atoms with E-state index in [4.69, 9.17) is 4.98 Å². The van der Waals surface area contributed by atoms with Crippen LogP contribution < -0.4 is 10.2 Å². The fourth-order valence-electron chi connectivity index (χ4n) is 5.17. The number of nitrogens with zero attached hydrogens (tertiary/aromatic N) is 6. The highest BCUT2D eigenvalue weighted by atomic mass is 16.3. The van der Waals surface area contributed by atoms with Crippen LogP contribution in [0.2, 0.25) is 0 Å². The molecule has 0 unspecified atom stereocenters. The molecule has 2 atom stereocenters. The Labute approximate surface area is 215 Å². The van der Waals surface area contributed by atoms with Crippen molar-refractivity contribution in [1.82, 2.24) is 29.6 Å². The molecule has 1 aromatic carbocycles. The number of rotatable bonds is 5. The third-order valence-corrected chi connectivity index (χ3v) is 7.43. The minimum atomic E-state index is -0.457. The molecule has 2 aliphatic rings. The van der Waals surface area contributed by atoms with E-state index in [1.807, 2.05) is 61.1 Å². The Hall–Kier alpha value is -4.18. The van der Waals surface area contributed by atoms with E-state index >= 15 is 0 Å². The molecule has 37 heavy (non-hydrogen) atoms. The maximum absolute atomic E-state index is 13.2. The number of fused-ring (bicyclic) bond motifs is 1. The van der Waals surface area contributed by atoms with Gasteiger partial charge in [0.2, 0.25) is 5.95 Å². The maximum atomic E-state index is 13.2. The van der Waals surface area contributed by atoms with Crippen LogP contribution in [0, 0.1) is 5.92 Å². The van der Waals surface area contributed by atoms with Crippen LogP contribution in [0.3, 0.4) is 0 Å². The average molecular weight is 499 g/mol. The number of aromatic nitrogens is 5. The van der Waals surface area contributed by atoms with Crippen LogP contribution in [0.25, 0.3) is 11.1 Å². The van der Waals surface area contributed by atoms with Crippen LogP contribution in [0.15, 0.2) is 55.0 Å². The van der Waals surface area contributed by atoms with Crippen LogP contribution in [-0.4, -0.2) is 66.4 Å². The van der Waals surface area contributed by atoms with Gasteiger partial charge in [-0.3, -0.25) is 9.89 Å². The van der Waals surface area contributed by atoms with Crippen molar-refractivity contribution in [2.75, 3.05) is 29.9 Å².